The molecule has 0 radical (unpaired) electrons. The van der Waals surface area contributed by atoms with E-state index in [4.69, 9.17) is 9.47 Å². The first kappa shape index (κ1) is 28.3. The van der Waals surface area contributed by atoms with Gasteiger partial charge in [0, 0.05) is 49.8 Å². The highest BCUT2D eigenvalue weighted by Crippen LogP contribution is 2.54. The Bertz CT molecular complexity index is 1420. The fraction of sp³-hybridized carbons (Fsp3) is 0.567. The van der Waals surface area contributed by atoms with Crippen molar-refractivity contribution < 1.29 is 27.8 Å². The molecule has 0 bridgehead atoms. The molecule has 41 heavy (non-hydrogen) atoms. The molecule has 2 saturated heterocycles. The van der Waals surface area contributed by atoms with Gasteiger partial charge >= 0.3 is 0 Å². The van der Waals surface area contributed by atoms with Gasteiger partial charge in [0.15, 0.2) is 0 Å². The summed E-state index contributed by atoms with van der Waals surface area (Å²) in [5.74, 6) is 0.597. The molecule has 3 heterocycles. The first-order chi connectivity index (χ1) is 19.7. The molecule has 0 aromatic heterocycles. The lowest BCUT2D eigenvalue weighted by Crippen LogP contribution is -2.41. The Balaban J connectivity index is 1.31. The number of ether oxygens (including phenoxy) is 2. The highest BCUT2D eigenvalue weighted by atomic mass is 32.2. The van der Waals surface area contributed by atoms with Crippen molar-refractivity contribution in [1.29, 1.82) is 0 Å². The molecule has 222 valence electrons. The largest absolute Gasteiger partial charge is 0.491 e. The van der Waals surface area contributed by atoms with Gasteiger partial charge in [0.1, 0.15) is 5.75 Å². The molecule has 1 amide bonds. The summed E-state index contributed by atoms with van der Waals surface area (Å²) < 4.78 is 40.4. The van der Waals surface area contributed by atoms with E-state index in [9.17, 15) is 18.3 Å². The number of piperidine rings is 1. The number of nitrogens with one attached hydrogen (secondary N) is 2. The molecule has 3 N–H and O–H groups in total. The van der Waals surface area contributed by atoms with Gasteiger partial charge in [-0.2, -0.15) is 0 Å². The molecule has 6 rings (SSSR count). The molecule has 2 aromatic carbocycles. The summed E-state index contributed by atoms with van der Waals surface area (Å²) in [5, 5.41) is 12.5. The Kier molecular flexibility index (Phi) is 7.65. The second kappa shape index (κ2) is 11.1. The van der Waals surface area contributed by atoms with E-state index in [1.165, 1.54) is 18.9 Å². The van der Waals surface area contributed by atoms with Crippen LogP contribution in [0.3, 0.4) is 0 Å². The van der Waals surface area contributed by atoms with Gasteiger partial charge in [0.2, 0.25) is 10.0 Å². The quantitative estimate of drug-likeness (QED) is 0.433. The van der Waals surface area contributed by atoms with Crippen LogP contribution in [0.25, 0.3) is 0 Å². The maximum absolute atomic E-state index is 13.8. The number of morpholine rings is 1. The van der Waals surface area contributed by atoms with Crippen LogP contribution in [0.5, 0.6) is 5.75 Å². The average molecular weight is 585 g/mol. The van der Waals surface area contributed by atoms with E-state index >= 15 is 0 Å². The lowest BCUT2D eigenvalue weighted by molar-refractivity contribution is 0.0530. The van der Waals surface area contributed by atoms with E-state index in [-0.39, 0.29) is 23.5 Å². The van der Waals surface area contributed by atoms with E-state index < -0.39 is 16.1 Å². The maximum atomic E-state index is 13.8. The average Bonchev–Trinajstić information content (AvgIpc) is 3.53. The molecular weight excluding hydrogens is 544 g/mol. The second-order valence-electron chi connectivity index (χ2n) is 12.0. The standard InChI is InChI=1S/C30H40N4O6S/c1-20(19-35)32-41(37,38)24-3-4-25(26(17-24)33-10-8-30(6-7-30)9-11-33)31-29(36)23-15-22-5-13-40-28(22)27(16-23)34-12-14-39-21(2)18-34/h3-4,15-17,20-21,32,35H,5-14,18-19H2,1-2H3,(H,31,36)/t20-,21-/m1/s1. The number of carbonyl (C=O) groups excluding carboxylic acids is 1. The summed E-state index contributed by atoms with van der Waals surface area (Å²) in [6, 6.07) is 8.02. The topological polar surface area (TPSA) is 120 Å². The Hall–Kier alpha value is -2.86. The van der Waals surface area contributed by atoms with Crippen molar-refractivity contribution in [3.05, 3.63) is 41.5 Å². The van der Waals surface area contributed by atoms with Crippen molar-refractivity contribution >= 4 is 33.0 Å². The van der Waals surface area contributed by atoms with Crippen LogP contribution < -0.4 is 24.6 Å². The molecule has 1 spiro atoms. The van der Waals surface area contributed by atoms with Gasteiger partial charge in [-0.3, -0.25) is 4.79 Å². The van der Waals surface area contributed by atoms with E-state index in [0.29, 0.717) is 35.6 Å². The number of hydrogen-bond acceptors (Lipinski definition) is 8. The van der Waals surface area contributed by atoms with E-state index in [1.54, 1.807) is 19.1 Å². The number of anilines is 3. The number of hydrogen-bond donors (Lipinski definition) is 3. The monoisotopic (exact) mass is 584 g/mol. The van der Waals surface area contributed by atoms with Crippen molar-refractivity contribution in [2.45, 2.75) is 63.0 Å². The molecule has 3 aliphatic heterocycles. The first-order valence-electron chi connectivity index (χ1n) is 14.7. The summed E-state index contributed by atoms with van der Waals surface area (Å²) >= 11 is 0. The van der Waals surface area contributed by atoms with Crippen molar-refractivity contribution in [3.8, 4) is 5.75 Å². The zero-order valence-electron chi connectivity index (χ0n) is 23.8. The number of amides is 1. The Morgan fingerprint density at radius 2 is 1.85 bits per heavy atom. The molecule has 10 nitrogen and oxygen atoms in total. The number of fused-ring (bicyclic) bond motifs is 1. The number of aliphatic hydroxyl groups excluding tert-OH is 1. The number of nitrogens with zero attached hydrogens (tertiary/aromatic N) is 2. The fourth-order valence-corrected chi connectivity index (χ4v) is 7.45. The lowest BCUT2D eigenvalue weighted by atomic mass is 9.93. The summed E-state index contributed by atoms with van der Waals surface area (Å²) in [7, 11) is -3.85. The second-order valence-corrected chi connectivity index (χ2v) is 13.7. The van der Waals surface area contributed by atoms with Crippen molar-refractivity contribution in [1.82, 2.24) is 4.72 Å². The Labute approximate surface area is 242 Å². The highest BCUT2D eigenvalue weighted by molar-refractivity contribution is 7.89. The summed E-state index contributed by atoms with van der Waals surface area (Å²) in [5.41, 5.74) is 4.19. The van der Waals surface area contributed by atoms with Gasteiger partial charge in [0.25, 0.3) is 5.91 Å². The van der Waals surface area contributed by atoms with Gasteiger partial charge in [-0.05, 0) is 75.3 Å². The van der Waals surface area contributed by atoms with E-state index in [1.807, 2.05) is 19.1 Å². The van der Waals surface area contributed by atoms with Crippen LogP contribution in [0, 0.1) is 5.41 Å². The predicted molar refractivity (Wildman–Crippen MR) is 158 cm³/mol. The zero-order valence-corrected chi connectivity index (χ0v) is 24.6. The van der Waals surface area contributed by atoms with Gasteiger partial charge in [0.05, 0.1) is 47.9 Å². The Morgan fingerprint density at radius 3 is 2.56 bits per heavy atom. The third kappa shape index (κ3) is 5.90. The van der Waals surface area contributed by atoms with Crippen molar-refractivity contribution in [3.63, 3.8) is 0 Å². The summed E-state index contributed by atoms with van der Waals surface area (Å²) in [6.07, 6.45) is 5.47. The molecule has 1 aliphatic carbocycles. The van der Waals surface area contributed by atoms with E-state index in [0.717, 1.165) is 62.4 Å². The minimum absolute atomic E-state index is 0.0878. The minimum atomic E-state index is -3.85. The van der Waals surface area contributed by atoms with Crippen LogP contribution in [0.4, 0.5) is 17.1 Å². The third-order valence-electron chi connectivity index (χ3n) is 8.89. The summed E-state index contributed by atoms with van der Waals surface area (Å²) in [6.45, 7) is 7.63. The Morgan fingerprint density at radius 1 is 1.07 bits per heavy atom. The normalized spacial score (nSPS) is 22.3. The van der Waals surface area contributed by atoms with Crippen LogP contribution in [0.1, 0.15) is 55.5 Å². The SMILES string of the molecule is C[C@H](CO)NS(=O)(=O)c1ccc(NC(=O)c2cc3c(c(N4CCO[C@H](C)C4)c2)OCC3)c(N2CCC3(CC2)CC3)c1. The van der Waals surface area contributed by atoms with Crippen LogP contribution in [-0.4, -0.2) is 77.6 Å². The van der Waals surface area contributed by atoms with Crippen LogP contribution in [0.2, 0.25) is 0 Å². The van der Waals surface area contributed by atoms with Crippen LogP contribution in [0.15, 0.2) is 35.2 Å². The number of sulfonamides is 1. The molecule has 3 fully saturated rings. The van der Waals surface area contributed by atoms with Crippen LogP contribution >= 0.6 is 0 Å². The lowest BCUT2D eigenvalue weighted by Gasteiger charge is -2.35. The molecule has 2 atom stereocenters. The van der Waals surface area contributed by atoms with Crippen molar-refractivity contribution in [2.75, 3.05) is 61.1 Å². The smallest absolute Gasteiger partial charge is 0.255 e. The van der Waals surface area contributed by atoms with Gasteiger partial charge in [-0.1, -0.05) is 0 Å². The molecule has 0 unspecified atom stereocenters. The first-order valence-corrected chi connectivity index (χ1v) is 16.1. The van der Waals surface area contributed by atoms with Gasteiger partial charge in [-0.25, -0.2) is 13.1 Å². The fourth-order valence-electron chi connectivity index (χ4n) is 6.20. The number of benzene rings is 2. The predicted octanol–water partition coefficient (Wildman–Crippen LogP) is 3.14. The molecular formula is C30H40N4O6S. The van der Waals surface area contributed by atoms with Gasteiger partial charge < -0.3 is 29.7 Å². The van der Waals surface area contributed by atoms with Crippen LogP contribution in [-0.2, 0) is 21.2 Å². The number of carbonyl (C=O) groups is 1. The zero-order chi connectivity index (χ0) is 28.8. The van der Waals surface area contributed by atoms with E-state index in [2.05, 4.69) is 19.8 Å². The number of rotatable bonds is 8. The number of aliphatic hydroxyl groups is 1. The maximum Gasteiger partial charge on any atom is 0.255 e. The van der Waals surface area contributed by atoms with Gasteiger partial charge in [-0.15, -0.1) is 0 Å². The molecule has 2 aromatic rings. The third-order valence-corrected chi connectivity index (χ3v) is 10.5. The highest BCUT2D eigenvalue weighted by Gasteiger charge is 2.44. The molecule has 4 aliphatic rings. The molecule has 11 heteroatoms. The summed E-state index contributed by atoms with van der Waals surface area (Å²) in [4.78, 5) is 18.3. The van der Waals surface area contributed by atoms with Crippen molar-refractivity contribution in [2.24, 2.45) is 5.41 Å². The minimum Gasteiger partial charge on any atom is -0.491 e. The molecule has 1 saturated carbocycles.